The Bertz CT molecular complexity index is 328. The minimum absolute atomic E-state index is 0.169. The number of hydrogen-bond donors (Lipinski definition) is 0. The summed E-state index contributed by atoms with van der Waals surface area (Å²) in [5.41, 5.74) is 2.15. The summed E-state index contributed by atoms with van der Waals surface area (Å²) in [4.78, 5) is 11.6. The third kappa shape index (κ3) is 0.826. The lowest BCUT2D eigenvalue weighted by Gasteiger charge is -2.06. The van der Waals surface area contributed by atoms with Crippen LogP contribution < -0.4 is 0 Å². The van der Waals surface area contributed by atoms with Gasteiger partial charge in [0.2, 0.25) is 0 Å². The maximum atomic E-state index is 11.6. The van der Waals surface area contributed by atoms with Crippen molar-refractivity contribution in [1.29, 1.82) is 0 Å². The lowest BCUT2D eigenvalue weighted by molar-refractivity contribution is 0.0937. The van der Waals surface area contributed by atoms with Crippen molar-refractivity contribution >= 4 is 5.78 Å². The molecule has 0 bridgehead atoms. The Morgan fingerprint density at radius 1 is 1.08 bits per heavy atom. The van der Waals surface area contributed by atoms with Crippen LogP contribution >= 0.6 is 0 Å². The van der Waals surface area contributed by atoms with Gasteiger partial charge in [0.15, 0.2) is 5.78 Å². The molecule has 0 aliphatic heterocycles. The van der Waals surface area contributed by atoms with E-state index in [0.29, 0.717) is 11.7 Å². The predicted molar refractivity (Wildman–Crippen MR) is 48.4 cm³/mol. The zero-order chi connectivity index (χ0) is 8.72. The lowest BCUT2D eigenvalue weighted by Crippen LogP contribution is -2.06. The fraction of sp³-hybridized carbons (Fsp3) is 0.364. The highest BCUT2D eigenvalue weighted by Crippen LogP contribution is 2.36. The molecule has 62 valence electrons. The molecule has 12 heavy (non-hydrogen) atoms. The molecule has 1 aromatic rings. The number of fused-ring (bicyclic) bond motifs is 1. The summed E-state index contributed by atoms with van der Waals surface area (Å²) in [6.07, 6.45) is 0. The maximum Gasteiger partial charge on any atom is 0.166 e. The highest BCUT2D eigenvalue weighted by molar-refractivity contribution is 6.02. The number of carbonyl (C=O) groups excluding carboxylic acids is 1. The van der Waals surface area contributed by atoms with Crippen molar-refractivity contribution in [3.63, 3.8) is 0 Å². The summed E-state index contributed by atoms with van der Waals surface area (Å²) in [7, 11) is 0. The first-order valence-electron chi connectivity index (χ1n) is 4.35. The molecule has 0 amide bonds. The second-order valence-corrected chi connectivity index (χ2v) is 3.53. The van der Waals surface area contributed by atoms with Crippen molar-refractivity contribution < 1.29 is 4.79 Å². The molecule has 2 rings (SSSR count). The molecule has 0 saturated heterocycles. The van der Waals surface area contributed by atoms with Crippen LogP contribution in [-0.4, -0.2) is 5.78 Å². The minimum Gasteiger partial charge on any atom is -0.294 e. The summed E-state index contributed by atoms with van der Waals surface area (Å²) < 4.78 is 0. The van der Waals surface area contributed by atoms with Crippen molar-refractivity contribution in [2.75, 3.05) is 0 Å². The van der Waals surface area contributed by atoms with Crippen molar-refractivity contribution in [2.45, 2.75) is 19.8 Å². The summed E-state index contributed by atoms with van der Waals surface area (Å²) in [5, 5.41) is 0. The third-order valence-corrected chi connectivity index (χ3v) is 2.88. The van der Waals surface area contributed by atoms with E-state index in [1.165, 1.54) is 5.56 Å². The fourth-order valence-electron chi connectivity index (χ4n) is 1.86. The first-order chi connectivity index (χ1) is 5.72. The molecule has 1 unspecified atom stereocenters. The molecule has 0 fully saturated rings. The smallest absolute Gasteiger partial charge is 0.166 e. The molecule has 0 heterocycles. The normalized spacial score (nSPS) is 27.3. The van der Waals surface area contributed by atoms with Crippen molar-refractivity contribution in [3.05, 3.63) is 35.4 Å². The number of Topliss-reactive ketones (excluding diaryl/α,β-unsaturated/α-hetero) is 1. The van der Waals surface area contributed by atoms with Crippen LogP contribution in [0.5, 0.6) is 0 Å². The van der Waals surface area contributed by atoms with Crippen molar-refractivity contribution in [2.24, 2.45) is 5.92 Å². The van der Waals surface area contributed by atoms with Gasteiger partial charge in [-0.2, -0.15) is 0 Å². The standard InChI is InChI=1S/C11H12O/c1-7-8(2)11(12)10-6-4-3-5-9(7)10/h3-8H,1-2H3/t7?,8-/m0/s1. The largest absolute Gasteiger partial charge is 0.294 e. The molecule has 2 atom stereocenters. The predicted octanol–water partition coefficient (Wildman–Crippen LogP) is 2.62. The maximum absolute atomic E-state index is 11.6. The van der Waals surface area contributed by atoms with Crippen LogP contribution in [0.2, 0.25) is 0 Å². The molecule has 1 nitrogen and oxygen atoms in total. The van der Waals surface area contributed by atoms with Gasteiger partial charge in [0.1, 0.15) is 0 Å². The molecule has 1 heteroatoms. The molecule has 1 aliphatic carbocycles. The first kappa shape index (κ1) is 7.53. The van der Waals surface area contributed by atoms with E-state index < -0.39 is 0 Å². The van der Waals surface area contributed by atoms with Crippen LogP contribution in [-0.2, 0) is 0 Å². The van der Waals surface area contributed by atoms with Gasteiger partial charge in [-0.05, 0) is 11.5 Å². The van der Waals surface area contributed by atoms with Crippen molar-refractivity contribution in [1.82, 2.24) is 0 Å². The molecule has 1 aromatic carbocycles. The van der Waals surface area contributed by atoms with Crippen molar-refractivity contribution in [3.8, 4) is 0 Å². The number of ketones is 1. The lowest BCUT2D eigenvalue weighted by atomic mass is 9.96. The van der Waals surface area contributed by atoms with Gasteiger partial charge >= 0.3 is 0 Å². The van der Waals surface area contributed by atoms with E-state index in [2.05, 4.69) is 13.0 Å². The van der Waals surface area contributed by atoms with Crippen LogP contribution in [0.4, 0.5) is 0 Å². The van der Waals surface area contributed by atoms with Gasteiger partial charge < -0.3 is 0 Å². The molecule has 0 saturated carbocycles. The quantitative estimate of drug-likeness (QED) is 0.570. The minimum atomic E-state index is 0.169. The monoisotopic (exact) mass is 160 g/mol. The zero-order valence-corrected chi connectivity index (χ0v) is 7.37. The Labute approximate surface area is 72.4 Å². The second-order valence-electron chi connectivity index (χ2n) is 3.53. The Morgan fingerprint density at radius 2 is 1.75 bits per heavy atom. The highest BCUT2D eigenvalue weighted by atomic mass is 16.1. The van der Waals surface area contributed by atoms with E-state index in [4.69, 9.17) is 0 Å². The zero-order valence-electron chi connectivity index (χ0n) is 7.37. The van der Waals surface area contributed by atoms with Gasteiger partial charge in [0.25, 0.3) is 0 Å². The first-order valence-corrected chi connectivity index (χ1v) is 4.35. The highest BCUT2D eigenvalue weighted by Gasteiger charge is 2.32. The Balaban J connectivity index is 2.59. The van der Waals surface area contributed by atoms with E-state index in [1.807, 2.05) is 25.1 Å². The Kier molecular flexibility index (Phi) is 1.53. The molecule has 0 aromatic heterocycles. The third-order valence-electron chi connectivity index (χ3n) is 2.88. The SMILES string of the molecule is CC1c2ccccc2C(=O)[C@H]1C. The van der Waals surface area contributed by atoms with E-state index in [-0.39, 0.29) is 5.92 Å². The number of rotatable bonds is 0. The number of carbonyl (C=O) groups is 1. The van der Waals surface area contributed by atoms with Crippen LogP contribution in [0.25, 0.3) is 0 Å². The molecule has 0 radical (unpaired) electrons. The molecular weight excluding hydrogens is 148 g/mol. The second kappa shape index (κ2) is 2.44. The summed E-state index contributed by atoms with van der Waals surface area (Å²) >= 11 is 0. The van der Waals surface area contributed by atoms with E-state index in [0.717, 1.165) is 5.56 Å². The molecular formula is C11H12O. The Morgan fingerprint density at radius 3 is 2.42 bits per heavy atom. The summed E-state index contributed by atoms with van der Waals surface area (Å²) in [6.45, 7) is 4.13. The summed E-state index contributed by atoms with van der Waals surface area (Å²) in [5.74, 6) is 0.870. The van der Waals surface area contributed by atoms with Crippen LogP contribution in [0.3, 0.4) is 0 Å². The van der Waals surface area contributed by atoms with Crippen LogP contribution in [0.1, 0.15) is 35.7 Å². The Hall–Kier alpha value is -1.11. The van der Waals surface area contributed by atoms with Gasteiger partial charge in [0.05, 0.1) is 0 Å². The number of hydrogen-bond acceptors (Lipinski definition) is 1. The van der Waals surface area contributed by atoms with Crippen LogP contribution in [0.15, 0.2) is 24.3 Å². The van der Waals surface area contributed by atoms with Gasteiger partial charge in [-0.3, -0.25) is 4.79 Å². The van der Waals surface area contributed by atoms with Gasteiger partial charge in [-0.25, -0.2) is 0 Å². The topological polar surface area (TPSA) is 17.1 Å². The fourth-order valence-corrected chi connectivity index (χ4v) is 1.86. The summed E-state index contributed by atoms with van der Waals surface area (Å²) in [6, 6.07) is 7.92. The molecule has 0 spiro atoms. The van der Waals surface area contributed by atoms with E-state index >= 15 is 0 Å². The van der Waals surface area contributed by atoms with Crippen LogP contribution in [0, 0.1) is 5.92 Å². The van der Waals surface area contributed by atoms with E-state index in [1.54, 1.807) is 0 Å². The van der Waals surface area contributed by atoms with Gasteiger partial charge in [-0.1, -0.05) is 38.1 Å². The van der Waals surface area contributed by atoms with Gasteiger partial charge in [0, 0.05) is 11.5 Å². The molecule has 1 aliphatic rings. The number of benzene rings is 1. The molecule has 0 N–H and O–H groups in total. The average molecular weight is 160 g/mol. The average Bonchev–Trinajstić information content (AvgIpc) is 2.33. The van der Waals surface area contributed by atoms with E-state index in [9.17, 15) is 4.79 Å². The van der Waals surface area contributed by atoms with Gasteiger partial charge in [-0.15, -0.1) is 0 Å².